The SMILES string of the molecule is CC1(C)C2=C(C=CCC2)c2ccc(N(c3ccccc3-c3ccccc3)c3ccc(-c4ccc(C56CC7CC(CC(C7)C5)C6)cc4)cc3-c3ccc(F)cc3)cc21. The summed E-state index contributed by atoms with van der Waals surface area (Å²) in [6, 6.07) is 50.2. The van der Waals surface area contributed by atoms with E-state index in [0.717, 1.165) is 64.3 Å². The number of allylic oxidation sites excluding steroid dienone is 4. The third-order valence-corrected chi connectivity index (χ3v) is 14.6. The second-order valence-electron chi connectivity index (χ2n) is 18.4. The van der Waals surface area contributed by atoms with Crippen LogP contribution in [0, 0.1) is 23.6 Å². The van der Waals surface area contributed by atoms with Gasteiger partial charge in [0.2, 0.25) is 0 Å². The minimum atomic E-state index is -0.227. The quantitative estimate of drug-likeness (QED) is 0.157. The van der Waals surface area contributed by atoms with Crippen LogP contribution in [-0.4, -0.2) is 0 Å². The number of hydrogen-bond donors (Lipinski definition) is 0. The summed E-state index contributed by atoms with van der Waals surface area (Å²) < 4.78 is 14.6. The van der Waals surface area contributed by atoms with E-state index < -0.39 is 0 Å². The molecule has 4 fully saturated rings. The van der Waals surface area contributed by atoms with Crippen molar-refractivity contribution in [1.82, 2.24) is 0 Å². The molecule has 0 aliphatic heterocycles. The van der Waals surface area contributed by atoms with Gasteiger partial charge in [-0.2, -0.15) is 0 Å². The van der Waals surface area contributed by atoms with Gasteiger partial charge >= 0.3 is 0 Å². The van der Waals surface area contributed by atoms with Crippen LogP contribution in [0.3, 0.4) is 0 Å². The van der Waals surface area contributed by atoms with Crippen LogP contribution in [-0.2, 0) is 10.8 Å². The fraction of sp³-hybridized carbons (Fsp3) is 0.273. The predicted octanol–water partition coefficient (Wildman–Crippen LogP) is 15.2. The molecule has 6 aliphatic carbocycles. The average molecular weight is 744 g/mol. The molecule has 282 valence electrons. The van der Waals surface area contributed by atoms with E-state index in [0.29, 0.717) is 5.41 Å². The predicted molar refractivity (Wildman–Crippen MR) is 236 cm³/mol. The van der Waals surface area contributed by atoms with Crippen molar-refractivity contribution < 1.29 is 4.39 Å². The number of hydrogen-bond acceptors (Lipinski definition) is 1. The molecule has 0 heterocycles. The first kappa shape index (κ1) is 34.8. The van der Waals surface area contributed by atoms with Crippen molar-refractivity contribution in [3.63, 3.8) is 0 Å². The molecule has 6 aromatic carbocycles. The molecule has 0 radical (unpaired) electrons. The molecule has 4 bridgehead atoms. The normalized spacial score (nSPS) is 23.7. The molecule has 0 unspecified atom stereocenters. The maximum atomic E-state index is 14.6. The molecule has 0 saturated heterocycles. The number of rotatable bonds is 7. The molecule has 1 nitrogen and oxygen atoms in total. The topological polar surface area (TPSA) is 3.24 Å². The summed E-state index contributed by atoms with van der Waals surface area (Å²) in [4.78, 5) is 2.45. The minimum Gasteiger partial charge on any atom is -0.309 e. The van der Waals surface area contributed by atoms with Crippen molar-refractivity contribution in [3.8, 4) is 33.4 Å². The maximum absolute atomic E-state index is 14.6. The van der Waals surface area contributed by atoms with Crippen LogP contribution >= 0.6 is 0 Å². The highest BCUT2D eigenvalue weighted by atomic mass is 19.1. The van der Waals surface area contributed by atoms with Crippen LogP contribution in [0.2, 0.25) is 0 Å². The van der Waals surface area contributed by atoms with Crippen molar-refractivity contribution in [2.45, 2.75) is 76.0 Å². The van der Waals surface area contributed by atoms with Crippen molar-refractivity contribution >= 4 is 22.6 Å². The van der Waals surface area contributed by atoms with Gasteiger partial charge in [-0.25, -0.2) is 4.39 Å². The first-order chi connectivity index (χ1) is 27.8. The van der Waals surface area contributed by atoms with Crippen molar-refractivity contribution in [2.24, 2.45) is 17.8 Å². The molecule has 6 aliphatic rings. The van der Waals surface area contributed by atoms with Gasteiger partial charge in [-0.3, -0.25) is 0 Å². The van der Waals surface area contributed by atoms with Gasteiger partial charge in [-0.1, -0.05) is 129 Å². The lowest BCUT2D eigenvalue weighted by Crippen LogP contribution is -2.48. The first-order valence-electron chi connectivity index (χ1n) is 21.3. The highest BCUT2D eigenvalue weighted by Gasteiger charge is 2.51. The van der Waals surface area contributed by atoms with Gasteiger partial charge in [0.25, 0.3) is 0 Å². The molecule has 0 atom stereocenters. The van der Waals surface area contributed by atoms with E-state index >= 15 is 0 Å². The summed E-state index contributed by atoms with van der Waals surface area (Å²) in [5.74, 6) is 2.54. The third-order valence-electron chi connectivity index (χ3n) is 14.6. The zero-order valence-electron chi connectivity index (χ0n) is 33.1. The molecular formula is C55H50FN. The second-order valence-corrected chi connectivity index (χ2v) is 18.4. The van der Waals surface area contributed by atoms with E-state index in [1.165, 1.54) is 71.9 Å². The number of nitrogens with zero attached hydrogens (tertiary/aromatic N) is 1. The van der Waals surface area contributed by atoms with Gasteiger partial charge in [-0.05, 0) is 162 Å². The smallest absolute Gasteiger partial charge is 0.123 e. The lowest BCUT2D eigenvalue weighted by Gasteiger charge is -2.57. The molecule has 12 rings (SSSR count). The van der Waals surface area contributed by atoms with E-state index in [1.807, 2.05) is 12.1 Å². The zero-order chi connectivity index (χ0) is 38.3. The molecule has 0 spiro atoms. The Balaban J connectivity index is 1.07. The van der Waals surface area contributed by atoms with E-state index in [9.17, 15) is 4.39 Å². The monoisotopic (exact) mass is 743 g/mol. The van der Waals surface area contributed by atoms with Crippen LogP contribution in [0.1, 0.15) is 81.9 Å². The Morgan fingerprint density at radius 3 is 1.93 bits per heavy atom. The summed E-state index contributed by atoms with van der Waals surface area (Å²) >= 11 is 0. The summed E-state index contributed by atoms with van der Waals surface area (Å²) in [5, 5.41) is 0. The Kier molecular flexibility index (Phi) is 8.11. The van der Waals surface area contributed by atoms with Crippen molar-refractivity contribution in [3.05, 3.63) is 180 Å². The standard InChI is InChI=1S/C55H50FN/c1-54(2)50-14-8-6-13-47(50)48-26-25-45(32-51(48)54)57(52-15-9-7-12-46(52)40-10-4-3-5-11-40)53-27-20-42(31-49(53)41-18-23-44(56)24-19-41)39-16-21-43(22-17-39)55-33-36-28-37(34-55)30-38(29-36)35-55/h3-7,9-13,15-27,31-32,36-38H,8,14,28-30,33-35H2,1-2H3. The van der Waals surface area contributed by atoms with Gasteiger partial charge in [0.05, 0.1) is 11.4 Å². The minimum absolute atomic E-state index is 0.0674. The zero-order valence-corrected chi connectivity index (χ0v) is 33.1. The van der Waals surface area contributed by atoms with Crippen LogP contribution in [0.4, 0.5) is 21.5 Å². The summed E-state index contributed by atoms with van der Waals surface area (Å²) in [6.45, 7) is 4.79. The summed E-state index contributed by atoms with van der Waals surface area (Å²) in [7, 11) is 0. The Hall–Kier alpha value is -5.47. The van der Waals surface area contributed by atoms with E-state index in [-0.39, 0.29) is 11.2 Å². The van der Waals surface area contributed by atoms with Gasteiger partial charge in [0, 0.05) is 22.2 Å². The van der Waals surface area contributed by atoms with Crippen molar-refractivity contribution in [1.29, 1.82) is 0 Å². The molecule has 0 aromatic heterocycles. The fourth-order valence-electron chi connectivity index (χ4n) is 12.3. The van der Waals surface area contributed by atoms with Gasteiger partial charge in [0.15, 0.2) is 0 Å². The van der Waals surface area contributed by atoms with E-state index in [1.54, 1.807) is 23.3 Å². The lowest BCUT2D eigenvalue weighted by molar-refractivity contribution is -0.00518. The van der Waals surface area contributed by atoms with Crippen LogP contribution in [0.15, 0.2) is 157 Å². The van der Waals surface area contributed by atoms with Gasteiger partial charge in [-0.15, -0.1) is 0 Å². The number of fused-ring (bicyclic) bond motifs is 2. The number of halogens is 1. The number of anilines is 3. The van der Waals surface area contributed by atoms with Gasteiger partial charge < -0.3 is 4.90 Å². The molecule has 2 heteroatoms. The molecular weight excluding hydrogens is 694 g/mol. The number of benzene rings is 6. The summed E-state index contributed by atoms with van der Waals surface area (Å²) in [6.07, 6.45) is 15.4. The van der Waals surface area contributed by atoms with Gasteiger partial charge in [0.1, 0.15) is 5.82 Å². The Morgan fingerprint density at radius 1 is 0.561 bits per heavy atom. The molecule has 4 saturated carbocycles. The fourth-order valence-corrected chi connectivity index (χ4v) is 12.3. The Labute approximate surface area is 337 Å². The molecule has 6 aromatic rings. The molecule has 0 amide bonds. The maximum Gasteiger partial charge on any atom is 0.123 e. The average Bonchev–Trinajstić information content (AvgIpc) is 3.47. The van der Waals surface area contributed by atoms with Crippen molar-refractivity contribution in [2.75, 3.05) is 4.90 Å². The molecule has 57 heavy (non-hydrogen) atoms. The first-order valence-corrected chi connectivity index (χ1v) is 21.3. The van der Waals surface area contributed by atoms with Crippen LogP contribution in [0.5, 0.6) is 0 Å². The highest BCUT2D eigenvalue weighted by Crippen LogP contribution is 2.61. The Bertz CT molecular complexity index is 2540. The van der Waals surface area contributed by atoms with Crippen LogP contribution < -0.4 is 4.90 Å². The lowest BCUT2D eigenvalue weighted by atomic mass is 9.48. The van der Waals surface area contributed by atoms with Crippen LogP contribution in [0.25, 0.3) is 39.0 Å². The highest BCUT2D eigenvalue weighted by molar-refractivity contribution is 5.96. The third kappa shape index (κ3) is 5.78. The van der Waals surface area contributed by atoms with E-state index in [4.69, 9.17) is 0 Å². The Morgan fingerprint density at radius 2 is 1.19 bits per heavy atom. The van der Waals surface area contributed by atoms with E-state index in [2.05, 4.69) is 146 Å². The summed E-state index contributed by atoms with van der Waals surface area (Å²) in [5.41, 5.74) is 17.6. The second kappa shape index (κ2) is 13.3. The number of para-hydroxylation sites is 1. The largest absolute Gasteiger partial charge is 0.309 e. The molecule has 0 N–H and O–H groups in total.